The summed E-state index contributed by atoms with van der Waals surface area (Å²) >= 11 is 0. The Morgan fingerprint density at radius 1 is 0.464 bits per heavy atom. The lowest BCUT2D eigenvalue weighted by atomic mass is 9.88. The average Bonchev–Trinajstić information content (AvgIpc) is 3.96. The fourth-order valence-electron chi connectivity index (χ4n) is 10.5. The number of aromatic nitrogens is 4. The Kier molecular flexibility index (Phi) is 9.34. The summed E-state index contributed by atoms with van der Waals surface area (Å²) in [5.41, 5.74) is 19.0. The van der Waals surface area contributed by atoms with Crippen LogP contribution in [0.2, 0.25) is 0 Å². The van der Waals surface area contributed by atoms with Gasteiger partial charge < -0.3 is 4.74 Å². The zero-order chi connectivity index (χ0) is 46.2. The molecule has 0 bridgehead atoms. The summed E-state index contributed by atoms with van der Waals surface area (Å²) in [6.07, 6.45) is 5.86. The fourth-order valence-corrected chi connectivity index (χ4v) is 10.5. The molecule has 5 heteroatoms. The molecule has 9 aromatic carbocycles. The van der Waals surface area contributed by atoms with Crippen molar-refractivity contribution in [2.45, 2.75) is 26.2 Å². The van der Waals surface area contributed by atoms with Crippen LogP contribution in [0.5, 0.6) is 11.5 Å². The molecule has 3 aromatic heterocycles. The van der Waals surface area contributed by atoms with Gasteiger partial charge in [-0.1, -0.05) is 191 Å². The van der Waals surface area contributed by atoms with Crippen LogP contribution < -0.4 is 9.30 Å². The summed E-state index contributed by atoms with van der Waals surface area (Å²) < 4.78 is 13.7. The maximum Gasteiger partial charge on any atom is 0.269 e. The number of hydrogen-bond acceptors (Lipinski definition) is 2. The normalized spacial score (nSPS) is 12.0. The van der Waals surface area contributed by atoms with E-state index in [1.807, 2.05) is 12.3 Å². The number of pyridine rings is 1. The number of nitrogens with zero attached hydrogens (tertiary/aromatic N) is 4. The van der Waals surface area contributed by atoms with Gasteiger partial charge in [0.15, 0.2) is 0 Å². The third-order valence-corrected chi connectivity index (χ3v) is 13.7. The molecule has 0 N–H and O–H groups in total. The van der Waals surface area contributed by atoms with Crippen molar-refractivity contribution in [3.8, 4) is 84.3 Å². The first kappa shape index (κ1) is 40.5. The molecular formula is C64H46N4O. The Bertz CT molecular complexity index is 3970. The van der Waals surface area contributed by atoms with Crippen molar-refractivity contribution >= 4 is 32.8 Å². The molecule has 0 saturated carbocycles. The quantitative estimate of drug-likeness (QED) is 0.123. The predicted molar refractivity (Wildman–Crippen MR) is 282 cm³/mol. The second-order valence-corrected chi connectivity index (χ2v) is 18.9. The van der Waals surface area contributed by atoms with Crippen LogP contribution in [0.1, 0.15) is 26.3 Å². The smallest absolute Gasteiger partial charge is 0.269 e. The molecule has 328 valence electrons. The van der Waals surface area contributed by atoms with Crippen LogP contribution in [0.25, 0.3) is 106 Å². The topological polar surface area (TPSA) is 35.9 Å². The van der Waals surface area contributed by atoms with Crippen molar-refractivity contribution in [2.75, 3.05) is 0 Å². The van der Waals surface area contributed by atoms with Crippen LogP contribution in [0.15, 0.2) is 225 Å². The van der Waals surface area contributed by atoms with Gasteiger partial charge in [-0.15, -0.1) is 0 Å². The SMILES string of the molecule is CC(C)(C)c1ccnc(-n2c3cc(Oc4cccc(-n5[c-][n+]6c7c(cccc75)-c5ccccc5-c5ccccc5-c5cccc(-c7ccccc7)c5-6)c4)ccc3c3cccc(-c4ccccc4)c32)c1. The lowest BCUT2D eigenvalue weighted by molar-refractivity contribution is -0.570. The number of para-hydroxylation sites is 3. The van der Waals surface area contributed by atoms with Gasteiger partial charge in [0.25, 0.3) is 6.33 Å². The molecule has 12 aromatic rings. The molecular weight excluding hydrogens is 841 g/mol. The summed E-state index contributed by atoms with van der Waals surface area (Å²) in [7, 11) is 0. The van der Waals surface area contributed by atoms with Crippen molar-refractivity contribution in [1.82, 2.24) is 14.1 Å². The Morgan fingerprint density at radius 3 is 1.78 bits per heavy atom. The second kappa shape index (κ2) is 15.9. The molecule has 0 unspecified atom stereocenters. The third-order valence-electron chi connectivity index (χ3n) is 13.7. The first-order valence-corrected chi connectivity index (χ1v) is 23.6. The first-order valence-electron chi connectivity index (χ1n) is 23.6. The van der Waals surface area contributed by atoms with Crippen molar-refractivity contribution in [3.63, 3.8) is 0 Å². The Morgan fingerprint density at radius 2 is 1.04 bits per heavy atom. The minimum Gasteiger partial charge on any atom is -0.458 e. The lowest BCUT2D eigenvalue weighted by Gasteiger charge is -2.20. The maximum absolute atomic E-state index is 6.92. The molecule has 0 fully saturated rings. The van der Waals surface area contributed by atoms with Crippen LogP contribution in [-0.2, 0) is 5.41 Å². The third kappa shape index (κ3) is 6.69. The van der Waals surface area contributed by atoms with Crippen LogP contribution >= 0.6 is 0 Å². The molecule has 0 saturated heterocycles. The summed E-state index contributed by atoms with van der Waals surface area (Å²) in [5, 5.41) is 2.29. The van der Waals surface area contributed by atoms with E-state index >= 15 is 0 Å². The minimum atomic E-state index is -0.0553. The largest absolute Gasteiger partial charge is 0.458 e. The molecule has 0 spiro atoms. The van der Waals surface area contributed by atoms with Gasteiger partial charge in [-0.2, -0.15) is 0 Å². The molecule has 1 aliphatic rings. The van der Waals surface area contributed by atoms with Gasteiger partial charge in [0.1, 0.15) is 17.3 Å². The highest BCUT2D eigenvalue weighted by Gasteiger charge is 2.27. The van der Waals surface area contributed by atoms with Crippen molar-refractivity contribution in [1.29, 1.82) is 0 Å². The van der Waals surface area contributed by atoms with E-state index in [1.54, 1.807) is 0 Å². The van der Waals surface area contributed by atoms with Crippen LogP contribution in [0.3, 0.4) is 0 Å². The fraction of sp³-hybridized carbons (Fsp3) is 0.0625. The molecule has 5 nitrogen and oxygen atoms in total. The van der Waals surface area contributed by atoms with Crippen molar-refractivity contribution < 1.29 is 9.30 Å². The first-order chi connectivity index (χ1) is 33.9. The van der Waals surface area contributed by atoms with E-state index in [9.17, 15) is 0 Å². The van der Waals surface area contributed by atoms with Gasteiger partial charge in [-0.3, -0.25) is 13.7 Å². The lowest BCUT2D eigenvalue weighted by Crippen LogP contribution is -2.32. The zero-order valence-electron chi connectivity index (χ0n) is 38.6. The van der Waals surface area contributed by atoms with Gasteiger partial charge in [0, 0.05) is 28.6 Å². The van der Waals surface area contributed by atoms with Gasteiger partial charge in [0.2, 0.25) is 0 Å². The molecule has 1 aliphatic heterocycles. The Hall–Kier alpha value is -8.80. The molecule has 0 amide bonds. The predicted octanol–water partition coefficient (Wildman–Crippen LogP) is 15.9. The van der Waals surface area contributed by atoms with Crippen LogP contribution in [0, 0.1) is 6.33 Å². The number of benzene rings is 9. The van der Waals surface area contributed by atoms with Crippen molar-refractivity contribution in [3.05, 3.63) is 236 Å². The highest BCUT2D eigenvalue weighted by atomic mass is 16.5. The van der Waals surface area contributed by atoms with E-state index in [-0.39, 0.29) is 5.41 Å². The summed E-state index contributed by atoms with van der Waals surface area (Å²) in [6, 6.07) is 77.9. The summed E-state index contributed by atoms with van der Waals surface area (Å²) in [4.78, 5) is 5.02. The van der Waals surface area contributed by atoms with Gasteiger partial charge in [-0.25, -0.2) is 4.98 Å². The van der Waals surface area contributed by atoms with E-state index < -0.39 is 0 Å². The molecule has 0 radical (unpaired) electrons. The Labute approximate surface area is 401 Å². The second-order valence-electron chi connectivity index (χ2n) is 18.9. The van der Waals surface area contributed by atoms with Crippen LogP contribution in [0.4, 0.5) is 0 Å². The average molecular weight is 887 g/mol. The monoisotopic (exact) mass is 886 g/mol. The highest BCUT2D eigenvalue weighted by molar-refractivity contribution is 6.14. The molecule has 69 heavy (non-hydrogen) atoms. The molecule has 0 atom stereocenters. The van der Waals surface area contributed by atoms with Gasteiger partial charge in [0.05, 0.1) is 33.4 Å². The number of hydrogen-bond donors (Lipinski definition) is 0. The van der Waals surface area contributed by atoms with Gasteiger partial charge >= 0.3 is 0 Å². The Balaban J connectivity index is 0.990. The van der Waals surface area contributed by atoms with E-state index in [2.05, 4.69) is 253 Å². The standard InChI is InChI=1S/C64H46N4O/c1-64(2,3)44-36-37-65-60(38-44)68-59-40-47(34-35-54(59)57-31-16-29-49(62(57)68)43-20-8-5-9-21-43)69-46-23-14-22-45(39-46)66-41-67-61-48(42-18-6-4-7-19-42)28-15-30-55(61)52-26-12-10-24-50(52)51-25-11-13-27-53(51)56-32-17-33-58(66)63(56)67/h4-40H,1-3H3. The van der Waals surface area contributed by atoms with Crippen LogP contribution in [-0.4, -0.2) is 14.1 Å². The van der Waals surface area contributed by atoms with E-state index in [1.165, 1.54) is 27.8 Å². The zero-order valence-corrected chi connectivity index (χ0v) is 38.6. The van der Waals surface area contributed by atoms with Gasteiger partial charge in [-0.05, 0) is 104 Å². The number of fused-ring (bicyclic) bond motifs is 10. The number of ether oxygens (including phenoxy) is 1. The summed E-state index contributed by atoms with van der Waals surface area (Å²) in [6.45, 7) is 6.74. The van der Waals surface area contributed by atoms with Crippen molar-refractivity contribution in [2.24, 2.45) is 0 Å². The minimum absolute atomic E-state index is 0.0553. The molecule has 0 aliphatic carbocycles. The summed E-state index contributed by atoms with van der Waals surface area (Å²) in [5.74, 6) is 2.32. The molecule has 4 heterocycles. The van der Waals surface area contributed by atoms with E-state index in [0.29, 0.717) is 0 Å². The number of imidazole rings is 1. The number of rotatable bonds is 6. The molecule has 13 rings (SSSR count). The van der Waals surface area contributed by atoms with E-state index in [4.69, 9.17) is 9.72 Å². The maximum atomic E-state index is 6.92. The highest BCUT2D eigenvalue weighted by Crippen LogP contribution is 2.46. The van der Waals surface area contributed by atoms with E-state index in [0.717, 1.165) is 94.9 Å².